The molecule has 1 amide bonds. The lowest BCUT2D eigenvalue weighted by molar-refractivity contribution is -0.115. The summed E-state index contributed by atoms with van der Waals surface area (Å²) in [7, 11) is 0. The van der Waals surface area contributed by atoms with E-state index in [9.17, 15) is 4.79 Å². The second-order valence-electron chi connectivity index (χ2n) is 5.77. The Balaban J connectivity index is 2.23. The first-order valence-electron chi connectivity index (χ1n) is 7.77. The summed E-state index contributed by atoms with van der Waals surface area (Å²) < 4.78 is 0. The Morgan fingerprint density at radius 1 is 1.00 bits per heavy atom. The Morgan fingerprint density at radius 2 is 1.59 bits per heavy atom. The van der Waals surface area contributed by atoms with Gasteiger partial charge in [-0.2, -0.15) is 0 Å². The molecular weight excluding hydrogens is 270 g/mol. The van der Waals surface area contributed by atoms with Crippen LogP contribution in [0.15, 0.2) is 60.7 Å². The number of rotatable bonds is 6. The Bertz CT molecular complexity index is 615. The van der Waals surface area contributed by atoms with E-state index in [1.165, 1.54) is 0 Å². The van der Waals surface area contributed by atoms with Gasteiger partial charge in [0.05, 0.1) is 0 Å². The highest BCUT2D eigenvalue weighted by Crippen LogP contribution is 2.18. The molecule has 2 nitrogen and oxygen atoms in total. The number of hydrogen-bond donors (Lipinski definition) is 1. The summed E-state index contributed by atoms with van der Waals surface area (Å²) in [5.74, 6) is 0.564. The first-order valence-corrected chi connectivity index (χ1v) is 7.77. The third-order valence-corrected chi connectivity index (χ3v) is 3.45. The highest BCUT2D eigenvalue weighted by Gasteiger charge is 2.11. The number of amides is 1. The largest absolute Gasteiger partial charge is 0.352 e. The number of benzene rings is 2. The van der Waals surface area contributed by atoms with Crippen molar-refractivity contribution in [2.75, 3.05) is 6.54 Å². The SMILES string of the molecule is CC(C)CCNC(=O)/C(=C\c1ccccc1)c1ccccc1. The van der Waals surface area contributed by atoms with Gasteiger partial charge in [-0.15, -0.1) is 0 Å². The first kappa shape index (κ1) is 16.0. The molecule has 0 radical (unpaired) electrons. The number of nitrogens with one attached hydrogen (secondary N) is 1. The van der Waals surface area contributed by atoms with E-state index in [2.05, 4.69) is 19.2 Å². The molecule has 0 bridgehead atoms. The topological polar surface area (TPSA) is 29.1 Å². The van der Waals surface area contributed by atoms with Crippen molar-refractivity contribution in [1.29, 1.82) is 0 Å². The van der Waals surface area contributed by atoms with Crippen molar-refractivity contribution in [2.24, 2.45) is 5.92 Å². The second-order valence-corrected chi connectivity index (χ2v) is 5.77. The molecule has 114 valence electrons. The minimum atomic E-state index is -0.0179. The van der Waals surface area contributed by atoms with Gasteiger partial charge in [0, 0.05) is 12.1 Å². The van der Waals surface area contributed by atoms with Gasteiger partial charge in [0.15, 0.2) is 0 Å². The van der Waals surface area contributed by atoms with Gasteiger partial charge in [-0.25, -0.2) is 0 Å². The van der Waals surface area contributed by atoms with Crippen LogP contribution in [-0.4, -0.2) is 12.5 Å². The smallest absolute Gasteiger partial charge is 0.251 e. The van der Waals surface area contributed by atoms with Gasteiger partial charge >= 0.3 is 0 Å². The van der Waals surface area contributed by atoms with Crippen LogP contribution < -0.4 is 5.32 Å². The van der Waals surface area contributed by atoms with Gasteiger partial charge in [0.1, 0.15) is 0 Å². The predicted molar refractivity (Wildman–Crippen MR) is 93.2 cm³/mol. The summed E-state index contributed by atoms with van der Waals surface area (Å²) >= 11 is 0. The molecule has 0 saturated heterocycles. The molecule has 0 aliphatic rings. The zero-order valence-corrected chi connectivity index (χ0v) is 13.3. The Hall–Kier alpha value is -2.35. The fraction of sp³-hybridized carbons (Fsp3) is 0.250. The van der Waals surface area contributed by atoms with Crippen LogP contribution in [0.25, 0.3) is 11.6 Å². The minimum Gasteiger partial charge on any atom is -0.352 e. The molecule has 2 aromatic rings. The highest BCUT2D eigenvalue weighted by molar-refractivity contribution is 6.24. The molecule has 2 rings (SSSR count). The average Bonchev–Trinajstić information content (AvgIpc) is 2.54. The van der Waals surface area contributed by atoms with Crippen molar-refractivity contribution in [3.05, 3.63) is 71.8 Å². The van der Waals surface area contributed by atoms with Gasteiger partial charge in [-0.05, 0) is 29.5 Å². The summed E-state index contributed by atoms with van der Waals surface area (Å²) in [5, 5.41) is 3.03. The van der Waals surface area contributed by atoms with Crippen molar-refractivity contribution in [2.45, 2.75) is 20.3 Å². The van der Waals surface area contributed by atoms with Crippen LogP contribution in [0.2, 0.25) is 0 Å². The molecule has 0 unspecified atom stereocenters. The second kappa shape index (κ2) is 8.18. The maximum Gasteiger partial charge on any atom is 0.251 e. The Labute approximate surface area is 132 Å². The predicted octanol–water partition coefficient (Wildman–Crippen LogP) is 4.39. The van der Waals surface area contributed by atoms with Gasteiger partial charge in [0.2, 0.25) is 0 Å². The van der Waals surface area contributed by atoms with E-state index in [0.717, 1.165) is 17.5 Å². The zero-order valence-electron chi connectivity index (χ0n) is 13.3. The Kier molecular flexibility index (Phi) is 5.96. The molecule has 1 N–H and O–H groups in total. The summed E-state index contributed by atoms with van der Waals surface area (Å²) in [5.41, 5.74) is 2.67. The maximum absolute atomic E-state index is 12.6. The van der Waals surface area contributed by atoms with Crippen molar-refractivity contribution < 1.29 is 4.79 Å². The fourth-order valence-electron chi connectivity index (χ4n) is 2.18. The number of carbonyl (C=O) groups is 1. The van der Waals surface area contributed by atoms with Crippen LogP contribution in [0.5, 0.6) is 0 Å². The third-order valence-electron chi connectivity index (χ3n) is 3.45. The Morgan fingerprint density at radius 3 is 2.18 bits per heavy atom. The van der Waals surface area contributed by atoms with Crippen molar-refractivity contribution in [3.8, 4) is 0 Å². The van der Waals surface area contributed by atoms with Crippen molar-refractivity contribution >= 4 is 17.6 Å². The number of carbonyl (C=O) groups excluding carboxylic acids is 1. The van der Waals surface area contributed by atoms with E-state index in [-0.39, 0.29) is 5.91 Å². The van der Waals surface area contributed by atoms with Crippen LogP contribution in [0, 0.1) is 5.92 Å². The van der Waals surface area contributed by atoms with Gasteiger partial charge < -0.3 is 5.32 Å². The molecule has 0 atom stereocenters. The van der Waals surface area contributed by atoms with E-state index >= 15 is 0 Å². The van der Waals surface area contributed by atoms with Gasteiger partial charge in [0.25, 0.3) is 5.91 Å². The molecule has 0 saturated carbocycles. The lowest BCUT2D eigenvalue weighted by atomic mass is 10.0. The molecule has 2 aromatic carbocycles. The molecule has 0 aliphatic heterocycles. The van der Waals surface area contributed by atoms with Crippen LogP contribution in [0.3, 0.4) is 0 Å². The molecule has 22 heavy (non-hydrogen) atoms. The maximum atomic E-state index is 12.6. The molecule has 0 fully saturated rings. The molecule has 0 aromatic heterocycles. The first-order chi connectivity index (χ1) is 10.7. The zero-order chi connectivity index (χ0) is 15.8. The van der Waals surface area contributed by atoms with E-state index in [0.29, 0.717) is 18.0 Å². The van der Waals surface area contributed by atoms with Gasteiger partial charge in [-0.1, -0.05) is 74.5 Å². The number of hydrogen-bond acceptors (Lipinski definition) is 1. The standard InChI is InChI=1S/C20H23NO/c1-16(2)13-14-21-20(22)19(18-11-7-4-8-12-18)15-17-9-5-3-6-10-17/h3-12,15-16H,13-14H2,1-2H3,(H,21,22)/b19-15-. The third kappa shape index (κ3) is 4.88. The average molecular weight is 293 g/mol. The van der Waals surface area contributed by atoms with E-state index in [4.69, 9.17) is 0 Å². The van der Waals surface area contributed by atoms with Crippen molar-refractivity contribution in [3.63, 3.8) is 0 Å². The fourth-order valence-corrected chi connectivity index (χ4v) is 2.18. The normalized spacial score (nSPS) is 11.5. The molecule has 2 heteroatoms. The minimum absolute atomic E-state index is 0.0179. The molecule has 0 aliphatic carbocycles. The summed E-state index contributed by atoms with van der Waals surface area (Å²) in [6.07, 6.45) is 2.93. The van der Waals surface area contributed by atoms with E-state index in [1.807, 2.05) is 66.7 Å². The van der Waals surface area contributed by atoms with Crippen LogP contribution >= 0.6 is 0 Å². The lowest BCUT2D eigenvalue weighted by Gasteiger charge is -2.11. The van der Waals surface area contributed by atoms with E-state index in [1.54, 1.807) is 0 Å². The summed E-state index contributed by atoms with van der Waals surface area (Å²) in [6, 6.07) is 19.7. The van der Waals surface area contributed by atoms with Crippen LogP contribution in [0.1, 0.15) is 31.4 Å². The highest BCUT2D eigenvalue weighted by atomic mass is 16.1. The monoisotopic (exact) mass is 293 g/mol. The molecule has 0 heterocycles. The molecular formula is C20H23NO. The van der Waals surface area contributed by atoms with E-state index < -0.39 is 0 Å². The van der Waals surface area contributed by atoms with Crippen molar-refractivity contribution in [1.82, 2.24) is 5.32 Å². The summed E-state index contributed by atoms with van der Waals surface area (Å²) in [4.78, 5) is 12.6. The summed E-state index contributed by atoms with van der Waals surface area (Å²) in [6.45, 7) is 5.02. The van der Waals surface area contributed by atoms with Crippen LogP contribution in [0.4, 0.5) is 0 Å². The molecule has 0 spiro atoms. The van der Waals surface area contributed by atoms with Crippen LogP contribution in [-0.2, 0) is 4.79 Å². The lowest BCUT2D eigenvalue weighted by Crippen LogP contribution is -2.26. The van der Waals surface area contributed by atoms with Gasteiger partial charge in [-0.3, -0.25) is 4.79 Å². The quantitative estimate of drug-likeness (QED) is 0.621.